The van der Waals surface area contributed by atoms with Crippen LogP contribution in [0.1, 0.15) is 18.5 Å². The molecule has 0 aliphatic carbocycles. The molecule has 2 fully saturated rings. The lowest BCUT2D eigenvalue weighted by atomic mass is 10.1. The summed E-state index contributed by atoms with van der Waals surface area (Å²) in [5.74, 6) is -0.0736. The molecule has 0 bridgehead atoms. The molecule has 3 heterocycles. The number of carbonyl (C=O) groups is 1. The zero-order chi connectivity index (χ0) is 11.8. The van der Waals surface area contributed by atoms with Crippen molar-refractivity contribution in [3.8, 4) is 0 Å². The van der Waals surface area contributed by atoms with Crippen molar-refractivity contribution < 1.29 is 9.53 Å². The number of ether oxygens (including phenoxy) is 1. The van der Waals surface area contributed by atoms with Gasteiger partial charge in [-0.25, -0.2) is 4.98 Å². The Hall–Kier alpha value is -0.690. The molecule has 0 radical (unpaired) electrons. The van der Waals surface area contributed by atoms with E-state index in [9.17, 15) is 4.79 Å². The minimum atomic E-state index is -0.331. The number of amides is 1. The average Bonchev–Trinajstić information content (AvgIpc) is 2.92. The molecular weight excluding hydrogens is 274 g/mol. The van der Waals surface area contributed by atoms with E-state index in [4.69, 9.17) is 4.74 Å². The van der Waals surface area contributed by atoms with Crippen LogP contribution in [0.3, 0.4) is 0 Å². The highest BCUT2D eigenvalue weighted by atomic mass is 35.5. The van der Waals surface area contributed by atoms with Gasteiger partial charge in [-0.15, -0.1) is 23.7 Å². The van der Waals surface area contributed by atoms with Crippen molar-refractivity contribution in [3.63, 3.8) is 0 Å². The van der Waals surface area contributed by atoms with Gasteiger partial charge in [0.05, 0.1) is 11.8 Å². The predicted octanol–water partition coefficient (Wildman–Crippen LogP) is 1.33. The zero-order valence-electron chi connectivity index (χ0n) is 10.0. The minimum Gasteiger partial charge on any atom is -0.363 e. The second-order valence-corrected chi connectivity index (χ2v) is 5.39. The van der Waals surface area contributed by atoms with Crippen LogP contribution in [0.15, 0.2) is 5.38 Å². The van der Waals surface area contributed by atoms with Crippen LogP contribution in [0.25, 0.3) is 0 Å². The molecule has 100 valence electrons. The summed E-state index contributed by atoms with van der Waals surface area (Å²) in [5.41, 5.74) is 0.927. The van der Waals surface area contributed by atoms with Crippen LogP contribution in [0.4, 0.5) is 5.13 Å². The summed E-state index contributed by atoms with van der Waals surface area (Å²) in [6.07, 6.45) is 1.65. The number of fused-ring (bicyclic) bond motifs is 1. The van der Waals surface area contributed by atoms with Crippen LogP contribution in [0, 0.1) is 6.92 Å². The molecule has 18 heavy (non-hydrogen) atoms. The Balaban J connectivity index is 0.00000120. The van der Waals surface area contributed by atoms with Gasteiger partial charge in [0, 0.05) is 17.8 Å². The smallest absolute Gasteiger partial charge is 0.255 e. The minimum absolute atomic E-state index is 0. The molecule has 1 amide bonds. The molecule has 1 aromatic heterocycles. The molecule has 0 aromatic carbocycles. The molecule has 3 rings (SSSR count). The number of hydrogen-bond acceptors (Lipinski definition) is 5. The topological polar surface area (TPSA) is 63.2 Å². The van der Waals surface area contributed by atoms with Gasteiger partial charge in [-0.05, 0) is 19.9 Å². The number of aryl methyl sites for hydroxylation is 1. The van der Waals surface area contributed by atoms with Crippen LogP contribution < -0.4 is 10.6 Å². The van der Waals surface area contributed by atoms with Crippen LogP contribution in [0.2, 0.25) is 0 Å². The van der Waals surface area contributed by atoms with E-state index < -0.39 is 0 Å². The number of carbonyl (C=O) groups excluding carboxylic acids is 1. The molecule has 2 aliphatic rings. The third kappa shape index (κ3) is 2.66. The van der Waals surface area contributed by atoms with Crippen molar-refractivity contribution in [2.24, 2.45) is 0 Å². The first-order chi connectivity index (χ1) is 8.22. The van der Waals surface area contributed by atoms with E-state index in [1.54, 1.807) is 0 Å². The van der Waals surface area contributed by atoms with Gasteiger partial charge in [0.15, 0.2) is 5.13 Å². The van der Waals surface area contributed by atoms with Gasteiger partial charge in [-0.2, -0.15) is 0 Å². The van der Waals surface area contributed by atoms with E-state index in [0.717, 1.165) is 25.1 Å². The van der Waals surface area contributed by atoms with E-state index in [1.807, 2.05) is 12.3 Å². The number of hydrogen-bond donors (Lipinski definition) is 2. The van der Waals surface area contributed by atoms with Gasteiger partial charge in [-0.1, -0.05) is 0 Å². The Bertz CT molecular complexity index is 428. The number of thiazole rings is 1. The fourth-order valence-electron chi connectivity index (χ4n) is 2.40. The van der Waals surface area contributed by atoms with Gasteiger partial charge in [0.25, 0.3) is 5.91 Å². The molecule has 2 aliphatic heterocycles. The molecule has 0 unspecified atom stereocenters. The summed E-state index contributed by atoms with van der Waals surface area (Å²) >= 11 is 1.44. The maximum absolute atomic E-state index is 12.0. The lowest BCUT2D eigenvalue weighted by Gasteiger charge is -2.10. The first-order valence-electron chi connectivity index (χ1n) is 5.84. The van der Waals surface area contributed by atoms with Gasteiger partial charge in [0.1, 0.15) is 6.10 Å². The lowest BCUT2D eigenvalue weighted by Crippen LogP contribution is -2.29. The number of nitrogens with zero attached hydrogens (tertiary/aromatic N) is 1. The van der Waals surface area contributed by atoms with E-state index in [-0.39, 0.29) is 30.5 Å². The summed E-state index contributed by atoms with van der Waals surface area (Å²) in [6, 6.07) is 0.351. The first-order valence-corrected chi connectivity index (χ1v) is 6.72. The number of nitrogens with one attached hydrogen (secondary N) is 2. The standard InChI is InChI=1S/C11H15N3O2S.ClH/c1-6-5-17-11(13-6)14-10(15)9-4-7-8(16-9)2-3-12-7;/h5,7-9,12H,2-4H2,1H3,(H,13,14,15);1H/t7-,8-,9+;/m1./s1. The second kappa shape index (κ2) is 5.52. The summed E-state index contributed by atoms with van der Waals surface area (Å²) in [5, 5.41) is 8.73. The van der Waals surface area contributed by atoms with Gasteiger partial charge in [0.2, 0.25) is 0 Å². The number of aromatic nitrogens is 1. The molecule has 1 aromatic rings. The monoisotopic (exact) mass is 289 g/mol. The Morgan fingerprint density at radius 3 is 3.17 bits per heavy atom. The number of anilines is 1. The molecule has 7 heteroatoms. The number of rotatable bonds is 2. The quantitative estimate of drug-likeness (QED) is 0.862. The van der Waals surface area contributed by atoms with Gasteiger partial charge >= 0.3 is 0 Å². The van der Waals surface area contributed by atoms with E-state index in [1.165, 1.54) is 11.3 Å². The van der Waals surface area contributed by atoms with Crippen molar-refractivity contribution in [2.75, 3.05) is 11.9 Å². The van der Waals surface area contributed by atoms with Crippen LogP contribution >= 0.6 is 23.7 Å². The summed E-state index contributed by atoms with van der Waals surface area (Å²) in [7, 11) is 0. The van der Waals surface area contributed by atoms with E-state index in [0.29, 0.717) is 11.2 Å². The molecule has 2 N–H and O–H groups in total. The van der Waals surface area contributed by atoms with Gasteiger partial charge < -0.3 is 10.1 Å². The number of halogens is 1. The second-order valence-electron chi connectivity index (χ2n) is 4.53. The summed E-state index contributed by atoms with van der Waals surface area (Å²) < 4.78 is 5.73. The Kier molecular flexibility index (Phi) is 4.21. The Morgan fingerprint density at radius 2 is 2.50 bits per heavy atom. The summed E-state index contributed by atoms with van der Waals surface area (Å²) in [6.45, 7) is 2.90. The maximum Gasteiger partial charge on any atom is 0.255 e. The van der Waals surface area contributed by atoms with Crippen molar-refractivity contribution in [1.29, 1.82) is 0 Å². The predicted molar refractivity (Wildman–Crippen MR) is 72.4 cm³/mol. The normalized spacial score (nSPS) is 29.7. The highest BCUT2D eigenvalue weighted by Crippen LogP contribution is 2.27. The van der Waals surface area contributed by atoms with E-state index in [2.05, 4.69) is 15.6 Å². The van der Waals surface area contributed by atoms with Gasteiger partial charge in [-0.3, -0.25) is 10.1 Å². The SMILES string of the molecule is Cc1csc(NC(=O)[C@@H]2C[C@H]3NCC[C@H]3O2)n1.Cl. The van der Waals surface area contributed by atoms with Crippen LogP contribution in [0.5, 0.6) is 0 Å². The molecular formula is C11H16ClN3O2S. The zero-order valence-corrected chi connectivity index (χ0v) is 11.6. The van der Waals surface area contributed by atoms with Crippen molar-refractivity contribution in [3.05, 3.63) is 11.1 Å². The van der Waals surface area contributed by atoms with Crippen LogP contribution in [-0.2, 0) is 9.53 Å². The van der Waals surface area contributed by atoms with Crippen LogP contribution in [-0.4, -0.2) is 35.7 Å². The van der Waals surface area contributed by atoms with Crippen molar-refractivity contribution in [2.45, 2.75) is 38.0 Å². The van der Waals surface area contributed by atoms with Crippen molar-refractivity contribution in [1.82, 2.24) is 10.3 Å². The van der Waals surface area contributed by atoms with Crippen molar-refractivity contribution >= 4 is 34.8 Å². The molecule has 2 saturated heterocycles. The molecule has 0 saturated carbocycles. The largest absolute Gasteiger partial charge is 0.363 e. The highest BCUT2D eigenvalue weighted by Gasteiger charge is 2.41. The lowest BCUT2D eigenvalue weighted by molar-refractivity contribution is -0.126. The fourth-order valence-corrected chi connectivity index (χ4v) is 3.10. The third-order valence-electron chi connectivity index (χ3n) is 3.23. The average molecular weight is 290 g/mol. The molecule has 5 nitrogen and oxygen atoms in total. The van der Waals surface area contributed by atoms with E-state index >= 15 is 0 Å². The first kappa shape index (κ1) is 13.7. The molecule has 0 spiro atoms. The fraction of sp³-hybridized carbons (Fsp3) is 0.636. The third-order valence-corrected chi connectivity index (χ3v) is 4.11. The Labute approximate surface area is 116 Å². The maximum atomic E-state index is 12.0. The molecule has 3 atom stereocenters. The summed E-state index contributed by atoms with van der Waals surface area (Å²) in [4.78, 5) is 16.2. The highest BCUT2D eigenvalue weighted by molar-refractivity contribution is 7.13. The Morgan fingerprint density at radius 1 is 1.67 bits per heavy atom.